The lowest BCUT2D eigenvalue weighted by molar-refractivity contribution is 0.660. The highest BCUT2D eigenvalue weighted by atomic mass is 16.3. The molecule has 0 N–H and O–H groups in total. The molecule has 8 aromatic carbocycles. The summed E-state index contributed by atoms with van der Waals surface area (Å²) >= 11 is 0. The average Bonchev–Trinajstić information content (AvgIpc) is 3.82. The van der Waals surface area contributed by atoms with Crippen molar-refractivity contribution < 1.29 is 4.42 Å². The summed E-state index contributed by atoms with van der Waals surface area (Å²) < 4.78 is 9.26. The molecule has 0 unspecified atom stereocenters. The van der Waals surface area contributed by atoms with Crippen molar-refractivity contribution in [2.45, 2.75) is 19.3 Å². The highest BCUT2D eigenvalue weighted by Gasteiger charge is 2.38. The van der Waals surface area contributed by atoms with Gasteiger partial charge in [-0.1, -0.05) is 129 Å². The summed E-state index contributed by atoms with van der Waals surface area (Å²) in [4.78, 5) is 2.43. The fourth-order valence-electron chi connectivity index (χ4n) is 9.00. The summed E-state index contributed by atoms with van der Waals surface area (Å²) in [6.07, 6.45) is 0. The first kappa shape index (κ1) is 29.2. The highest BCUT2D eigenvalue weighted by Crippen LogP contribution is 2.55. The number of hydrogen-bond acceptors (Lipinski definition) is 2. The van der Waals surface area contributed by atoms with Crippen LogP contribution in [0.25, 0.3) is 71.3 Å². The molecule has 1 aliphatic rings. The van der Waals surface area contributed by atoms with Crippen LogP contribution >= 0.6 is 0 Å². The van der Waals surface area contributed by atoms with Gasteiger partial charge in [0.1, 0.15) is 5.58 Å². The molecule has 3 heteroatoms. The predicted molar refractivity (Wildman–Crippen MR) is 218 cm³/mol. The van der Waals surface area contributed by atoms with E-state index in [1.165, 1.54) is 54.8 Å². The summed E-state index contributed by atoms with van der Waals surface area (Å²) in [5.41, 5.74) is 13.6. The molecule has 0 atom stereocenters. The molecule has 52 heavy (non-hydrogen) atoms. The molecule has 0 amide bonds. The normalized spacial score (nSPS) is 13.3. The van der Waals surface area contributed by atoms with Gasteiger partial charge in [-0.25, -0.2) is 0 Å². The second-order valence-electron chi connectivity index (χ2n) is 14.5. The summed E-state index contributed by atoms with van der Waals surface area (Å²) in [7, 11) is 0. The Kier molecular flexibility index (Phi) is 6.01. The molecule has 2 aromatic heterocycles. The quantitative estimate of drug-likeness (QED) is 0.186. The van der Waals surface area contributed by atoms with E-state index in [1.54, 1.807) is 0 Å². The fourth-order valence-corrected chi connectivity index (χ4v) is 9.00. The van der Waals surface area contributed by atoms with Crippen LogP contribution in [-0.4, -0.2) is 4.57 Å². The predicted octanol–water partition coefficient (Wildman–Crippen LogP) is 13.6. The molecule has 11 rings (SSSR count). The summed E-state index contributed by atoms with van der Waals surface area (Å²) in [5, 5.41) is 7.15. The smallest absolute Gasteiger partial charge is 0.160 e. The third-order valence-corrected chi connectivity index (χ3v) is 11.4. The minimum Gasteiger partial charge on any atom is -0.454 e. The van der Waals surface area contributed by atoms with E-state index in [-0.39, 0.29) is 5.41 Å². The van der Waals surface area contributed by atoms with Crippen molar-refractivity contribution >= 4 is 71.6 Å². The number of aromatic nitrogens is 1. The molecule has 3 nitrogen and oxygen atoms in total. The topological polar surface area (TPSA) is 21.3 Å². The summed E-state index contributed by atoms with van der Waals surface area (Å²) in [5.74, 6) is 0. The van der Waals surface area contributed by atoms with E-state index >= 15 is 0 Å². The van der Waals surface area contributed by atoms with E-state index < -0.39 is 0 Å². The highest BCUT2D eigenvalue weighted by molar-refractivity contribution is 6.23. The molecule has 2 heterocycles. The lowest BCUT2D eigenvalue weighted by atomic mass is 9.82. The maximum atomic E-state index is 6.88. The van der Waals surface area contributed by atoms with Gasteiger partial charge in [0.2, 0.25) is 0 Å². The van der Waals surface area contributed by atoms with Crippen molar-refractivity contribution in [3.05, 3.63) is 181 Å². The second kappa shape index (κ2) is 10.7. The van der Waals surface area contributed by atoms with Crippen LogP contribution in [0.3, 0.4) is 0 Å². The monoisotopic (exact) mass is 666 g/mol. The van der Waals surface area contributed by atoms with Gasteiger partial charge in [0.15, 0.2) is 5.58 Å². The van der Waals surface area contributed by atoms with Crippen molar-refractivity contribution in [1.29, 1.82) is 0 Å². The van der Waals surface area contributed by atoms with Crippen molar-refractivity contribution in [3.8, 4) is 16.8 Å². The molecule has 0 saturated heterocycles. The zero-order chi connectivity index (χ0) is 34.6. The molecule has 0 fully saturated rings. The number of fused-ring (bicyclic) bond motifs is 11. The molecule has 0 bridgehead atoms. The molecule has 1 aliphatic carbocycles. The maximum absolute atomic E-state index is 6.88. The SMILES string of the molecule is CC1(C)c2ccccc2-c2c(N(c3ccc(-n4c5ccccc5c5ccccc54)cc3)c3cc4ccccc4c4c3oc3ccccc34)cccc21. The van der Waals surface area contributed by atoms with Crippen LogP contribution in [0.5, 0.6) is 0 Å². The minimum atomic E-state index is -0.133. The average molecular weight is 667 g/mol. The number of benzene rings is 8. The number of hydrogen-bond donors (Lipinski definition) is 0. The van der Waals surface area contributed by atoms with Gasteiger partial charge in [0.25, 0.3) is 0 Å². The molecular weight excluding hydrogens is 633 g/mol. The lowest BCUT2D eigenvalue weighted by Gasteiger charge is -2.29. The van der Waals surface area contributed by atoms with Crippen LogP contribution in [-0.2, 0) is 5.41 Å². The van der Waals surface area contributed by atoms with Gasteiger partial charge in [0.05, 0.1) is 22.4 Å². The van der Waals surface area contributed by atoms with Crippen LogP contribution in [0.2, 0.25) is 0 Å². The van der Waals surface area contributed by atoms with Crippen molar-refractivity contribution in [2.24, 2.45) is 0 Å². The van der Waals surface area contributed by atoms with Gasteiger partial charge in [-0.2, -0.15) is 0 Å². The first-order valence-electron chi connectivity index (χ1n) is 18.0. The number of anilines is 3. The Labute approximate surface area is 301 Å². The standard InChI is InChI=1S/C49H34N2O/c1-49(2)39-20-9-5-18-37(39)47-40(49)21-13-24-43(47)51(44-30-31-14-3-4-15-34(31)46-38-19-8-12-25-45(38)52-48(44)46)33-28-26-32(27-29-33)50-41-22-10-6-16-35(41)36-17-7-11-23-42(36)50/h3-30H,1-2H3. The Morgan fingerprint density at radius 3 is 1.90 bits per heavy atom. The van der Waals surface area contributed by atoms with Gasteiger partial charge in [-0.15, -0.1) is 0 Å². The first-order chi connectivity index (χ1) is 25.6. The molecule has 0 saturated carbocycles. The Morgan fingerprint density at radius 1 is 0.519 bits per heavy atom. The minimum absolute atomic E-state index is 0.133. The molecule has 246 valence electrons. The second-order valence-corrected chi connectivity index (χ2v) is 14.5. The molecule has 0 aliphatic heterocycles. The van der Waals surface area contributed by atoms with E-state index in [2.05, 4.69) is 193 Å². The van der Waals surface area contributed by atoms with Gasteiger partial charge < -0.3 is 13.9 Å². The fraction of sp³-hybridized carbons (Fsp3) is 0.0612. The van der Waals surface area contributed by atoms with Gasteiger partial charge in [-0.05, 0) is 82.1 Å². The molecule has 0 radical (unpaired) electrons. The largest absolute Gasteiger partial charge is 0.454 e. The van der Waals surface area contributed by atoms with Crippen molar-refractivity contribution in [3.63, 3.8) is 0 Å². The maximum Gasteiger partial charge on any atom is 0.160 e. The Balaban J connectivity index is 1.21. The van der Waals surface area contributed by atoms with Crippen LogP contribution in [0.4, 0.5) is 17.1 Å². The Morgan fingerprint density at radius 2 is 1.13 bits per heavy atom. The number of rotatable bonds is 4. The lowest BCUT2D eigenvalue weighted by Crippen LogP contribution is -2.16. The summed E-state index contributed by atoms with van der Waals surface area (Å²) in [6.45, 7) is 4.69. The Bertz CT molecular complexity index is 3000. The Hall–Kier alpha value is -6.58. The van der Waals surface area contributed by atoms with E-state index in [1.807, 2.05) is 0 Å². The first-order valence-corrected chi connectivity index (χ1v) is 18.0. The number of para-hydroxylation sites is 3. The third-order valence-electron chi connectivity index (χ3n) is 11.4. The van der Waals surface area contributed by atoms with Crippen LogP contribution in [0, 0.1) is 0 Å². The number of furan rings is 1. The van der Waals surface area contributed by atoms with Gasteiger partial charge >= 0.3 is 0 Å². The third kappa shape index (κ3) is 3.96. The zero-order valence-electron chi connectivity index (χ0n) is 29.0. The van der Waals surface area contributed by atoms with E-state index in [4.69, 9.17) is 4.42 Å². The van der Waals surface area contributed by atoms with Crippen molar-refractivity contribution in [1.82, 2.24) is 4.57 Å². The van der Waals surface area contributed by atoms with E-state index in [0.29, 0.717) is 0 Å². The van der Waals surface area contributed by atoms with Crippen LogP contribution in [0.15, 0.2) is 174 Å². The molecule has 0 spiro atoms. The van der Waals surface area contributed by atoms with E-state index in [9.17, 15) is 0 Å². The zero-order valence-corrected chi connectivity index (χ0v) is 29.0. The van der Waals surface area contributed by atoms with Crippen LogP contribution in [0.1, 0.15) is 25.0 Å². The van der Waals surface area contributed by atoms with Crippen LogP contribution < -0.4 is 4.90 Å². The van der Waals surface area contributed by atoms with Crippen molar-refractivity contribution in [2.75, 3.05) is 4.90 Å². The van der Waals surface area contributed by atoms with E-state index in [0.717, 1.165) is 44.7 Å². The van der Waals surface area contributed by atoms with Gasteiger partial charge in [-0.3, -0.25) is 0 Å². The van der Waals surface area contributed by atoms with Gasteiger partial charge in [0, 0.05) is 43.9 Å². The number of nitrogens with zero attached hydrogens (tertiary/aromatic N) is 2. The summed E-state index contributed by atoms with van der Waals surface area (Å²) in [6, 6.07) is 61.6. The molecular formula is C49H34N2O. The molecule has 10 aromatic rings.